The van der Waals surface area contributed by atoms with Gasteiger partial charge in [0.25, 0.3) is 0 Å². The molecular weight excluding hydrogens is 334 g/mol. The van der Waals surface area contributed by atoms with Crippen molar-refractivity contribution in [2.45, 2.75) is 11.4 Å². The third-order valence-electron chi connectivity index (χ3n) is 4.23. The molecule has 1 fully saturated rings. The number of benzene rings is 1. The molecule has 1 aliphatic heterocycles. The van der Waals surface area contributed by atoms with E-state index in [0.717, 1.165) is 33.8 Å². The first-order valence-electron chi connectivity index (χ1n) is 8.16. The molecule has 0 saturated carbocycles. The van der Waals surface area contributed by atoms with Crippen LogP contribution in [0.5, 0.6) is 0 Å². The van der Waals surface area contributed by atoms with Gasteiger partial charge in [0.2, 0.25) is 0 Å². The van der Waals surface area contributed by atoms with Crippen LogP contribution in [0.2, 0.25) is 0 Å². The molecule has 25 heavy (non-hydrogen) atoms. The van der Waals surface area contributed by atoms with Crippen molar-refractivity contribution in [1.29, 1.82) is 0 Å². The molecule has 3 aromatic rings. The second-order valence-corrected chi connectivity index (χ2v) is 6.85. The summed E-state index contributed by atoms with van der Waals surface area (Å²) in [5, 5.41) is 8.58. The molecule has 1 aliphatic rings. The number of H-pyrrole nitrogens is 1. The Morgan fingerprint density at radius 2 is 1.92 bits per heavy atom. The number of thioether (sulfide) groups is 1. The van der Waals surface area contributed by atoms with Gasteiger partial charge in [-0.05, 0) is 24.1 Å². The van der Waals surface area contributed by atoms with E-state index in [2.05, 4.69) is 27.3 Å². The summed E-state index contributed by atoms with van der Waals surface area (Å²) in [5.41, 5.74) is 4.15. The fourth-order valence-corrected chi connectivity index (χ4v) is 4.03. The first kappa shape index (κ1) is 15.9. The van der Waals surface area contributed by atoms with Crippen molar-refractivity contribution in [2.75, 3.05) is 12.4 Å². The Morgan fingerprint density at radius 1 is 1.12 bits per heavy atom. The van der Waals surface area contributed by atoms with Gasteiger partial charge in [0.05, 0.1) is 18.2 Å². The molecule has 1 unspecified atom stereocenters. The number of carbonyl (C=O) groups is 1. The quantitative estimate of drug-likeness (QED) is 0.559. The number of aromatic nitrogens is 3. The molecule has 0 aliphatic carbocycles. The molecule has 3 heterocycles. The highest BCUT2D eigenvalue weighted by atomic mass is 32.2. The molecule has 2 aromatic heterocycles. The van der Waals surface area contributed by atoms with Crippen LogP contribution >= 0.6 is 11.8 Å². The van der Waals surface area contributed by atoms with Gasteiger partial charge in [0.15, 0.2) is 0 Å². The Bertz CT molecular complexity index is 865. The minimum absolute atomic E-state index is 0.0489. The monoisotopic (exact) mass is 351 g/mol. The topological polar surface area (TPSA) is 67.9 Å². The maximum Gasteiger partial charge on any atom is 0.309 e. The Balaban J connectivity index is 1.69. The number of carbonyl (C=O) groups excluding carboxylic acids is 1. The van der Waals surface area contributed by atoms with Crippen LogP contribution in [0.3, 0.4) is 0 Å². The summed E-state index contributed by atoms with van der Waals surface area (Å²) >= 11 is 1.59. The van der Waals surface area contributed by atoms with Crippen molar-refractivity contribution in [2.24, 2.45) is 5.92 Å². The molecule has 0 radical (unpaired) electrons. The third kappa shape index (κ3) is 3.30. The van der Waals surface area contributed by atoms with E-state index in [0.29, 0.717) is 12.4 Å². The summed E-state index contributed by atoms with van der Waals surface area (Å²) in [7, 11) is 0. The highest BCUT2D eigenvalue weighted by Crippen LogP contribution is 2.38. The van der Waals surface area contributed by atoms with E-state index >= 15 is 0 Å². The zero-order valence-electron chi connectivity index (χ0n) is 13.5. The van der Waals surface area contributed by atoms with Crippen molar-refractivity contribution in [3.8, 4) is 22.4 Å². The van der Waals surface area contributed by atoms with Crippen LogP contribution in [0, 0.1) is 5.92 Å². The minimum Gasteiger partial charge on any atom is -0.465 e. The van der Waals surface area contributed by atoms with Gasteiger partial charge in [-0.15, -0.1) is 11.8 Å². The number of cyclic esters (lactones) is 1. The van der Waals surface area contributed by atoms with Crippen LogP contribution in [0.25, 0.3) is 22.4 Å². The Hall–Kier alpha value is -2.60. The van der Waals surface area contributed by atoms with E-state index in [-0.39, 0.29) is 11.9 Å². The van der Waals surface area contributed by atoms with Gasteiger partial charge in [0, 0.05) is 29.3 Å². The van der Waals surface area contributed by atoms with Gasteiger partial charge >= 0.3 is 5.97 Å². The SMILES string of the molecule is O=C1OCCC1CSc1n[nH]c(-c2ccccc2)c1-c1ccncc1. The molecule has 0 amide bonds. The number of ether oxygens (including phenoxy) is 1. The largest absolute Gasteiger partial charge is 0.465 e. The summed E-state index contributed by atoms with van der Waals surface area (Å²) in [6.45, 7) is 0.525. The number of hydrogen-bond donors (Lipinski definition) is 1. The second-order valence-electron chi connectivity index (χ2n) is 5.84. The summed E-state index contributed by atoms with van der Waals surface area (Å²) in [6.07, 6.45) is 4.34. The smallest absolute Gasteiger partial charge is 0.309 e. The van der Waals surface area contributed by atoms with Crippen LogP contribution in [-0.2, 0) is 9.53 Å². The lowest BCUT2D eigenvalue weighted by Gasteiger charge is -2.08. The van der Waals surface area contributed by atoms with E-state index < -0.39 is 0 Å². The lowest BCUT2D eigenvalue weighted by molar-refractivity contribution is -0.140. The average Bonchev–Trinajstić information content (AvgIpc) is 3.27. The zero-order chi connectivity index (χ0) is 17.1. The number of nitrogens with zero attached hydrogens (tertiary/aromatic N) is 2. The van der Waals surface area contributed by atoms with Crippen molar-refractivity contribution >= 4 is 17.7 Å². The lowest BCUT2D eigenvalue weighted by atomic mass is 10.0. The van der Waals surface area contributed by atoms with Crippen LogP contribution in [0.4, 0.5) is 0 Å². The molecule has 5 nitrogen and oxygen atoms in total. The van der Waals surface area contributed by atoms with Crippen molar-refractivity contribution in [3.05, 3.63) is 54.9 Å². The molecule has 1 aromatic carbocycles. The van der Waals surface area contributed by atoms with Crippen LogP contribution < -0.4 is 0 Å². The van der Waals surface area contributed by atoms with Crippen LogP contribution in [-0.4, -0.2) is 33.5 Å². The molecule has 126 valence electrons. The number of esters is 1. The minimum atomic E-state index is -0.100. The molecule has 6 heteroatoms. The summed E-state index contributed by atoms with van der Waals surface area (Å²) in [6, 6.07) is 14.1. The number of aromatic amines is 1. The summed E-state index contributed by atoms with van der Waals surface area (Å²) < 4.78 is 5.05. The van der Waals surface area contributed by atoms with Gasteiger partial charge in [-0.1, -0.05) is 30.3 Å². The normalized spacial score (nSPS) is 16.8. The number of rotatable bonds is 5. The first-order valence-corrected chi connectivity index (χ1v) is 9.15. The molecule has 1 saturated heterocycles. The predicted molar refractivity (Wildman–Crippen MR) is 97.0 cm³/mol. The van der Waals surface area contributed by atoms with Crippen LogP contribution in [0.15, 0.2) is 59.9 Å². The van der Waals surface area contributed by atoms with Gasteiger partial charge < -0.3 is 4.74 Å². The van der Waals surface area contributed by atoms with Crippen molar-refractivity contribution in [3.63, 3.8) is 0 Å². The van der Waals surface area contributed by atoms with E-state index in [1.807, 2.05) is 30.3 Å². The molecule has 0 spiro atoms. The van der Waals surface area contributed by atoms with Crippen LogP contribution in [0.1, 0.15) is 6.42 Å². The number of pyridine rings is 1. The van der Waals surface area contributed by atoms with E-state index in [9.17, 15) is 4.79 Å². The Kier molecular flexibility index (Phi) is 4.52. The maximum atomic E-state index is 11.7. The number of hydrogen-bond acceptors (Lipinski definition) is 5. The highest BCUT2D eigenvalue weighted by molar-refractivity contribution is 7.99. The molecule has 1 atom stereocenters. The predicted octanol–water partition coefficient (Wildman–Crippen LogP) is 3.79. The standard InChI is InChI=1S/C19H17N3O2S/c23-19-15(8-11-24-19)12-25-18-16(13-6-9-20-10-7-13)17(21-22-18)14-4-2-1-3-5-14/h1-7,9-10,15H,8,11-12H2,(H,21,22). The van der Waals surface area contributed by atoms with E-state index in [1.54, 1.807) is 24.2 Å². The van der Waals surface area contributed by atoms with Gasteiger partial charge in [-0.2, -0.15) is 5.10 Å². The fraction of sp³-hybridized carbons (Fsp3) is 0.211. The summed E-state index contributed by atoms with van der Waals surface area (Å²) in [5.74, 6) is 0.527. The fourth-order valence-electron chi connectivity index (χ4n) is 2.90. The zero-order valence-corrected chi connectivity index (χ0v) is 14.3. The summed E-state index contributed by atoms with van der Waals surface area (Å²) in [4.78, 5) is 15.8. The van der Waals surface area contributed by atoms with Gasteiger partial charge in [0.1, 0.15) is 5.03 Å². The maximum absolute atomic E-state index is 11.7. The van der Waals surface area contributed by atoms with E-state index in [1.165, 1.54) is 0 Å². The highest BCUT2D eigenvalue weighted by Gasteiger charge is 2.27. The molecule has 4 rings (SSSR count). The van der Waals surface area contributed by atoms with Crippen molar-refractivity contribution < 1.29 is 9.53 Å². The average molecular weight is 351 g/mol. The third-order valence-corrected chi connectivity index (χ3v) is 5.37. The Labute approximate surface area is 149 Å². The Morgan fingerprint density at radius 3 is 2.64 bits per heavy atom. The lowest BCUT2D eigenvalue weighted by Crippen LogP contribution is -2.10. The molecule has 0 bridgehead atoms. The van der Waals surface area contributed by atoms with Crippen molar-refractivity contribution in [1.82, 2.24) is 15.2 Å². The second kappa shape index (κ2) is 7.11. The van der Waals surface area contributed by atoms with Gasteiger partial charge in [-0.25, -0.2) is 0 Å². The molecular formula is C19H17N3O2S. The number of nitrogens with one attached hydrogen (secondary N) is 1. The van der Waals surface area contributed by atoms with E-state index in [4.69, 9.17) is 4.74 Å². The first-order chi connectivity index (χ1) is 12.3. The van der Waals surface area contributed by atoms with Gasteiger partial charge in [-0.3, -0.25) is 14.9 Å². The molecule has 1 N–H and O–H groups in total.